The van der Waals surface area contributed by atoms with Gasteiger partial charge < -0.3 is 25.5 Å². The second kappa shape index (κ2) is 12.9. The molecule has 0 amide bonds. The van der Waals surface area contributed by atoms with Crippen LogP contribution in [0.1, 0.15) is 45.4 Å². The largest absolute Gasteiger partial charge is 0.412 e. The van der Waals surface area contributed by atoms with Gasteiger partial charge in [0.2, 0.25) is 0 Å². The van der Waals surface area contributed by atoms with Gasteiger partial charge in [-0.05, 0) is 6.42 Å². The summed E-state index contributed by atoms with van der Waals surface area (Å²) in [5.74, 6) is 0. The van der Waals surface area contributed by atoms with Crippen LogP contribution in [0.25, 0.3) is 0 Å². The van der Waals surface area contributed by atoms with Crippen molar-refractivity contribution in [1.29, 1.82) is 0 Å². The van der Waals surface area contributed by atoms with Gasteiger partial charge in [-0.25, -0.2) is 0 Å². The molecule has 0 bridgehead atoms. The fourth-order valence-electron chi connectivity index (χ4n) is 1.29. The summed E-state index contributed by atoms with van der Waals surface area (Å²) in [6.07, 6.45) is 4.47. The van der Waals surface area contributed by atoms with E-state index in [0.717, 1.165) is 12.8 Å². The Labute approximate surface area is 97.4 Å². The Kier molecular flexibility index (Phi) is 14.6. The molecule has 0 aliphatic heterocycles. The predicted octanol–water partition coefficient (Wildman–Crippen LogP) is 0.210. The lowest BCUT2D eigenvalue weighted by atomic mass is 10.1. The average Bonchev–Trinajstić information content (AvgIpc) is 2.26. The van der Waals surface area contributed by atoms with Crippen LogP contribution in [0.15, 0.2) is 0 Å². The second-order valence-corrected chi connectivity index (χ2v) is 3.78. The highest BCUT2D eigenvalue weighted by Crippen LogP contribution is 2.05. The van der Waals surface area contributed by atoms with Crippen molar-refractivity contribution in [3.8, 4) is 0 Å². The lowest BCUT2D eigenvalue weighted by Crippen LogP contribution is -2.31. The van der Waals surface area contributed by atoms with Gasteiger partial charge in [0.25, 0.3) is 0 Å². The van der Waals surface area contributed by atoms with Crippen LogP contribution in [0.4, 0.5) is 0 Å². The first-order chi connectivity index (χ1) is 7.22. The Morgan fingerprint density at radius 2 is 1.56 bits per heavy atom. The summed E-state index contributed by atoms with van der Waals surface area (Å²) < 4.78 is 4.95. The molecule has 16 heavy (non-hydrogen) atoms. The van der Waals surface area contributed by atoms with Gasteiger partial charge in [0, 0.05) is 6.61 Å². The molecular weight excluding hydrogens is 212 g/mol. The molecule has 0 saturated carbocycles. The van der Waals surface area contributed by atoms with Crippen LogP contribution in [0, 0.1) is 0 Å². The lowest BCUT2D eigenvalue weighted by Gasteiger charge is -2.15. The van der Waals surface area contributed by atoms with E-state index in [9.17, 15) is 0 Å². The topological polar surface area (TPSA) is 101 Å². The molecular formula is C11H26O5. The van der Waals surface area contributed by atoms with Crippen molar-refractivity contribution in [2.75, 3.05) is 13.2 Å². The van der Waals surface area contributed by atoms with Crippen molar-refractivity contribution in [3.63, 3.8) is 0 Å². The maximum atomic E-state index is 9.13. The van der Waals surface area contributed by atoms with E-state index in [1.807, 2.05) is 0 Å². The van der Waals surface area contributed by atoms with E-state index in [1.165, 1.54) is 25.7 Å². The van der Waals surface area contributed by atoms with E-state index < -0.39 is 19.0 Å². The molecule has 2 unspecified atom stereocenters. The highest BCUT2D eigenvalue weighted by molar-refractivity contribution is 4.55. The molecule has 100 valence electrons. The molecule has 5 nitrogen and oxygen atoms in total. The van der Waals surface area contributed by atoms with Gasteiger partial charge in [-0.1, -0.05) is 39.0 Å². The lowest BCUT2D eigenvalue weighted by molar-refractivity contribution is -0.171. The molecule has 0 aromatic heterocycles. The zero-order valence-electron chi connectivity index (χ0n) is 10.1. The summed E-state index contributed by atoms with van der Waals surface area (Å²) >= 11 is 0. The predicted molar refractivity (Wildman–Crippen MR) is 62.0 cm³/mol. The fraction of sp³-hybridized carbons (Fsp3) is 1.00. The Bertz CT molecular complexity index is 132. The average molecular weight is 238 g/mol. The van der Waals surface area contributed by atoms with Gasteiger partial charge in [-0.15, -0.1) is 0 Å². The molecule has 2 atom stereocenters. The third-order valence-electron chi connectivity index (χ3n) is 2.30. The van der Waals surface area contributed by atoms with Crippen molar-refractivity contribution in [3.05, 3.63) is 0 Å². The van der Waals surface area contributed by atoms with Gasteiger partial charge in [-0.3, -0.25) is 0 Å². The minimum atomic E-state index is -1.26. The first-order valence-corrected chi connectivity index (χ1v) is 5.81. The van der Waals surface area contributed by atoms with Gasteiger partial charge in [-0.2, -0.15) is 0 Å². The van der Waals surface area contributed by atoms with Crippen molar-refractivity contribution in [2.24, 2.45) is 0 Å². The van der Waals surface area contributed by atoms with Crippen LogP contribution in [-0.4, -0.2) is 46.4 Å². The highest BCUT2D eigenvalue weighted by Gasteiger charge is 2.14. The van der Waals surface area contributed by atoms with E-state index in [0.29, 0.717) is 6.61 Å². The summed E-state index contributed by atoms with van der Waals surface area (Å²) in [7, 11) is 0. The van der Waals surface area contributed by atoms with Gasteiger partial charge >= 0.3 is 0 Å². The first-order valence-electron chi connectivity index (χ1n) is 5.81. The molecule has 0 aromatic rings. The van der Waals surface area contributed by atoms with E-state index in [-0.39, 0.29) is 5.48 Å². The van der Waals surface area contributed by atoms with Gasteiger partial charge in [0.1, 0.15) is 6.10 Å². The molecule has 0 heterocycles. The third kappa shape index (κ3) is 10.3. The minimum Gasteiger partial charge on any atom is -0.412 e. The molecule has 0 spiro atoms. The van der Waals surface area contributed by atoms with Gasteiger partial charge in [0.15, 0.2) is 6.29 Å². The zero-order valence-corrected chi connectivity index (χ0v) is 10.1. The number of unbranched alkanes of at least 4 members (excludes halogenated alkanes) is 5. The maximum Gasteiger partial charge on any atom is 0.183 e. The number of aliphatic hydroxyl groups excluding tert-OH is 3. The Morgan fingerprint density at radius 3 is 2.12 bits per heavy atom. The van der Waals surface area contributed by atoms with Crippen LogP contribution in [0.2, 0.25) is 0 Å². The van der Waals surface area contributed by atoms with E-state index in [4.69, 9.17) is 20.1 Å². The summed E-state index contributed by atoms with van der Waals surface area (Å²) in [5, 5.41) is 26.6. The molecule has 5 heteroatoms. The Hall–Kier alpha value is -0.200. The van der Waals surface area contributed by atoms with Crippen molar-refractivity contribution in [1.82, 2.24) is 0 Å². The Balaban J connectivity index is 0. The van der Waals surface area contributed by atoms with E-state index in [2.05, 4.69) is 6.92 Å². The van der Waals surface area contributed by atoms with Crippen molar-refractivity contribution in [2.45, 2.75) is 57.8 Å². The highest BCUT2D eigenvalue weighted by atomic mass is 16.6. The normalized spacial score (nSPS) is 14.2. The van der Waals surface area contributed by atoms with Crippen LogP contribution >= 0.6 is 0 Å². The fourth-order valence-corrected chi connectivity index (χ4v) is 1.29. The molecule has 0 fully saturated rings. The SMILES string of the molecule is CCCCCCCCOC(O)C(O)CO.O. The number of aliphatic hydroxyl groups is 3. The second-order valence-electron chi connectivity index (χ2n) is 3.78. The van der Waals surface area contributed by atoms with Crippen molar-refractivity contribution >= 4 is 0 Å². The maximum absolute atomic E-state index is 9.13. The molecule has 0 aliphatic rings. The summed E-state index contributed by atoms with van der Waals surface area (Å²) in [6.45, 7) is 2.14. The third-order valence-corrected chi connectivity index (χ3v) is 2.30. The number of rotatable bonds is 10. The molecule has 0 saturated heterocycles. The molecule has 0 aromatic carbocycles. The quantitative estimate of drug-likeness (QED) is 0.374. The monoisotopic (exact) mass is 238 g/mol. The minimum absolute atomic E-state index is 0. The summed E-state index contributed by atoms with van der Waals surface area (Å²) in [4.78, 5) is 0. The molecule has 0 radical (unpaired) electrons. The summed E-state index contributed by atoms with van der Waals surface area (Å²) in [6, 6.07) is 0. The Morgan fingerprint density at radius 1 is 1.00 bits per heavy atom. The van der Waals surface area contributed by atoms with E-state index in [1.54, 1.807) is 0 Å². The van der Waals surface area contributed by atoms with Crippen LogP contribution < -0.4 is 0 Å². The van der Waals surface area contributed by atoms with Crippen LogP contribution in [0.5, 0.6) is 0 Å². The smallest absolute Gasteiger partial charge is 0.183 e. The van der Waals surface area contributed by atoms with Crippen LogP contribution in [0.3, 0.4) is 0 Å². The van der Waals surface area contributed by atoms with Crippen molar-refractivity contribution < 1.29 is 25.5 Å². The van der Waals surface area contributed by atoms with E-state index >= 15 is 0 Å². The van der Waals surface area contributed by atoms with Gasteiger partial charge in [0.05, 0.1) is 6.61 Å². The zero-order chi connectivity index (χ0) is 11.5. The molecule has 0 aliphatic carbocycles. The number of ether oxygens (including phenoxy) is 1. The number of hydrogen-bond donors (Lipinski definition) is 3. The molecule has 5 N–H and O–H groups in total. The van der Waals surface area contributed by atoms with Crippen LogP contribution in [-0.2, 0) is 4.74 Å². The standard InChI is InChI=1S/C11H24O4.H2O/c1-2-3-4-5-6-7-8-15-11(14)10(13)9-12;/h10-14H,2-9H2,1H3;1H2. The number of hydrogen-bond acceptors (Lipinski definition) is 4. The first kappa shape index (κ1) is 18.2. The summed E-state index contributed by atoms with van der Waals surface area (Å²) in [5.41, 5.74) is 0. The molecule has 0 rings (SSSR count).